The zero-order valence-electron chi connectivity index (χ0n) is 22.5. The molecule has 0 aliphatic carbocycles. The van der Waals surface area contributed by atoms with Gasteiger partial charge in [-0.1, -0.05) is 24.8 Å². The molecule has 0 spiro atoms. The Balaban J connectivity index is 1.37. The van der Waals surface area contributed by atoms with Gasteiger partial charge in [-0.2, -0.15) is 10.2 Å². The largest absolute Gasteiger partial charge is 0.494 e. The second-order valence-corrected chi connectivity index (χ2v) is 8.95. The van der Waals surface area contributed by atoms with Crippen molar-refractivity contribution in [2.75, 3.05) is 13.2 Å². The Morgan fingerprint density at radius 3 is 2.03 bits per heavy atom. The van der Waals surface area contributed by atoms with Crippen LogP contribution in [-0.2, 0) is 9.53 Å². The molecule has 39 heavy (non-hydrogen) atoms. The molecule has 0 aliphatic heterocycles. The molecule has 7 nitrogen and oxygen atoms in total. The van der Waals surface area contributed by atoms with E-state index >= 15 is 0 Å². The van der Waals surface area contributed by atoms with Gasteiger partial charge in [-0.3, -0.25) is 0 Å². The molecule has 0 saturated heterocycles. The maximum absolute atomic E-state index is 12.5. The summed E-state index contributed by atoms with van der Waals surface area (Å²) < 4.78 is 16.2. The summed E-state index contributed by atoms with van der Waals surface area (Å²) in [5.41, 5.74) is 4.72. The van der Waals surface area contributed by atoms with Crippen LogP contribution in [0.15, 0.2) is 89.6 Å². The van der Waals surface area contributed by atoms with Gasteiger partial charge < -0.3 is 14.2 Å². The van der Waals surface area contributed by atoms with Crippen LogP contribution in [0.3, 0.4) is 0 Å². The molecule has 0 aromatic heterocycles. The Labute approximate surface area is 229 Å². The summed E-state index contributed by atoms with van der Waals surface area (Å²) in [5, 5.41) is 8.20. The summed E-state index contributed by atoms with van der Waals surface area (Å²) in [6.07, 6.45) is 8.15. The van der Waals surface area contributed by atoms with E-state index in [0.717, 1.165) is 36.8 Å². The van der Waals surface area contributed by atoms with Gasteiger partial charge in [0.15, 0.2) is 0 Å². The number of rotatable bonds is 14. The number of hydrogen-bond acceptors (Lipinski definition) is 7. The van der Waals surface area contributed by atoms with E-state index in [-0.39, 0.29) is 5.97 Å². The minimum atomic E-state index is -0.446. The zero-order chi connectivity index (χ0) is 27.9. The molecular formula is C32H34N2O5. The summed E-state index contributed by atoms with van der Waals surface area (Å²) in [4.78, 5) is 23.5. The Morgan fingerprint density at radius 2 is 1.36 bits per heavy atom. The lowest BCUT2D eigenvalue weighted by Crippen LogP contribution is -2.08. The Bertz CT molecular complexity index is 1300. The number of carbonyl (C=O) groups is 2. The van der Waals surface area contributed by atoms with Crippen LogP contribution in [0.2, 0.25) is 0 Å². The molecule has 0 radical (unpaired) electrons. The van der Waals surface area contributed by atoms with Crippen LogP contribution in [0, 0.1) is 13.8 Å². The lowest BCUT2D eigenvalue weighted by Gasteiger charge is -2.08. The van der Waals surface area contributed by atoms with Crippen molar-refractivity contribution in [3.05, 3.63) is 107 Å². The van der Waals surface area contributed by atoms with Gasteiger partial charge in [-0.25, -0.2) is 9.59 Å². The van der Waals surface area contributed by atoms with E-state index in [1.54, 1.807) is 48.8 Å². The summed E-state index contributed by atoms with van der Waals surface area (Å²) >= 11 is 0. The van der Waals surface area contributed by atoms with Gasteiger partial charge in [0.05, 0.1) is 31.2 Å². The highest BCUT2D eigenvalue weighted by Crippen LogP contribution is 2.17. The molecule has 0 unspecified atom stereocenters. The van der Waals surface area contributed by atoms with Gasteiger partial charge in [0.1, 0.15) is 11.5 Å². The summed E-state index contributed by atoms with van der Waals surface area (Å²) in [5.74, 6) is 0.295. The van der Waals surface area contributed by atoms with Gasteiger partial charge >= 0.3 is 11.9 Å². The third kappa shape index (κ3) is 10.4. The fraction of sp³-hybridized carbons (Fsp3) is 0.250. The third-order valence-corrected chi connectivity index (χ3v) is 5.91. The normalized spacial score (nSPS) is 11.0. The van der Waals surface area contributed by atoms with Crippen LogP contribution >= 0.6 is 0 Å². The van der Waals surface area contributed by atoms with Crippen LogP contribution in [-0.4, -0.2) is 37.6 Å². The first kappa shape index (κ1) is 29.0. The number of esters is 2. The highest BCUT2D eigenvalue weighted by Gasteiger charge is 2.09. The molecular weight excluding hydrogens is 492 g/mol. The van der Waals surface area contributed by atoms with Crippen molar-refractivity contribution in [1.29, 1.82) is 0 Å². The molecule has 0 heterocycles. The molecule has 0 atom stereocenters. The molecule has 3 aromatic rings. The molecule has 3 rings (SSSR count). The highest BCUT2D eigenvalue weighted by molar-refractivity contribution is 5.91. The molecule has 0 saturated carbocycles. The lowest BCUT2D eigenvalue weighted by atomic mass is 10.1. The van der Waals surface area contributed by atoms with E-state index in [4.69, 9.17) is 14.2 Å². The van der Waals surface area contributed by atoms with Gasteiger partial charge in [0.25, 0.3) is 0 Å². The van der Waals surface area contributed by atoms with Crippen molar-refractivity contribution >= 4 is 24.4 Å². The van der Waals surface area contributed by atoms with Crippen molar-refractivity contribution in [2.24, 2.45) is 10.2 Å². The number of ether oxygens (including phenoxy) is 3. The fourth-order valence-corrected chi connectivity index (χ4v) is 3.50. The van der Waals surface area contributed by atoms with Gasteiger partial charge in [-0.15, -0.1) is 0 Å². The first-order valence-electron chi connectivity index (χ1n) is 12.9. The quantitative estimate of drug-likeness (QED) is 0.0587. The summed E-state index contributed by atoms with van der Waals surface area (Å²) in [7, 11) is 0. The van der Waals surface area contributed by atoms with Crippen molar-refractivity contribution in [3.8, 4) is 11.5 Å². The molecule has 202 valence electrons. The highest BCUT2D eigenvalue weighted by atomic mass is 16.5. The van der Waals surface area contributed by atoms with E-state index in [9.17, 15) is 9.59 Å². The van der Waals surface area contributed by atoms with Crippen LogP contribution in [0.25, 0.3) is 0 Å². The van der Waals surface area contributed by atoms with Gasteiger partial charge in [0, 0.05) is 6.08 Å². The van der Waals surface area contributed by atoms with E-state index in [1.807, 2.05) is 18.2 Å². The molecule has 0 N–H and O–H groups in total. The fourth-order valence-electron chi connectivity index (χ4n) is 3.50. The number of carbonyl (C=O) groups excluding carboxylic acids is 2. The van der Waals surface area contributed by atoms with Crippen LogP contribution in [0.4, 0.5) is 0 Å². The minimum Gasteiger partial charge on any atom is -0.494 e. The predicted molar refractivity (Wildman–Crippen MR) is 154 cm³/mol. The molecule has 0 fully saturated rings. The van der Waals surface area contributed by atoms with E-state index in [2.05, 4.69) is 42.8 Å². The molecule has 0 amide bonds. The monoisotopic (exact) mass is 526 g/mol. The average Bonchev–Trinajstić information content (AvgIpc) is 2.95. The van der Waals surface area contributed by atoms with Crippen molar-refractivity contribution < 1.29 is 23.8 Å². The first-order chi connectivity index (χ1) is 18.9. The van der Waals surface area contributed by atoms with Gasteiger partial charge in [0.2, 0.25) is 0 Å². The SMILES string of the molecule is C=CC(=O)OCCCCCCOc1ccc(C(=O)Oc2ccc(/C=N/N=C/c3ccc(C)c(C)c3)cc2)cc1. The average molecular weight is 527 g/mol. The van der Waals surface area contributed by atoms with E-state index < -0.39 is 5.97 Å². The zero-order valence-corrected chi connectivity index (χ0v) is 22.5. The van der Waals surface area contributed by atoms with E-state index in [1.165, 1.54) is 17.2 Å². The smallest absolute Gasteiger partial charge is 0.343 e. The summed E-state index contributed by atoms with van der Waals surface area (Å²) in [6.45, 7) is 8.48. The van der Waals surface area contributed by atoms with Gasteiger partial charge in [-0.05, 0) is 110 Å². The predicted octanol–water partition coefficient (Wildman–Crippen LogP) is 6.64. The number of nitrogens with zero attached hydrogens (tertiary/aromatic N) is 2. The third-order valence-electron chi connectivity index (χ3n) is 5.91. The van der Waals surface area contributed by atoms with Crippen molar-refractivity contribution in [1.82, 2.24) is 0 Å². The standard InChI is InChI=1S/C32H34N2O5/c1-4-31(35)38-20-8-6-5-7-19-37-29-17-13-28(14-18-29)32(36)39-30-15-11-26(12-16-30)22-33-34-23-27-10-9-24(2)25(3)21-27/h4,9-18,21-23H,1,5-8,19-20H2,2-3H3/b33-22+,34-23+. The minimum absolute atomic E-state index is 0.389. The van der Waals surface area contributed by atoms with Crippen LogP contribution in [0.1, 0.15) is 58.3 Å². The molecule has 3 aromatic carbocycles. The Kier molecular flexibility index (Phi) is 11.7. The van der Waals surface area contributed by atoms with E-state index in [0.29, 0.717) is 30.3 Å². The Hall–Kier alpha value is -4.52. The van der Waals surface area contributed by atoms with Crippen LogP contribution in [0.5, 0.6) is 11.5 Å². The number of unbranched alkanes of at least 4 members (excludes halogenated alkanes) is 3. The van der Waals surface area contributed by atoms with Crippen LogP contribution < -0.4 is 9.47 Å². The number of aryl methyl sites for hydroxylation is 2. The number of benzene rings is 3. The van der Waals surface area contributed by atoms with Crippen molar-refractivity contribution in [2.45, 2.75) is 39.5 Å². The maximum atomic E-state index is 12.5. The summed E-state index contributed by atoms with van der Waals surface area (Å²) in [6, 6.07) is 20.0. The number of hydrogen-bond donors (Lipinski definition) is 0. The topological polar surface area (TPSA) is 86.5 Å². The maximum Gasteiger partial charge on any atom is 0.343 e. The molecule has 0 aliphatic rings. The first-order valence-corrected chi connectivity index (χ1v) is 12.9. The molecule has 7 heteroatoms. The second-order valence-electron chi connectivity index (χ2n) is 8.95. The lowest BCUT2D eigenvalue weighted by molar-refractivity contribution is -0.137. The van der Waals surface area contributed by atoms with Crippen molar-refractivity contribution in [3.63, 3.8) is 0 Å². The second kappa shape index (κ2) is 15.7. The Morgan fingerprint density at radius 1 is 0.744 bits per heavy atom. The molecule has 0 bridgehead atoms.